The Morgan fingerprint density at radius 3 is 2.64 bits per heavy atom. The van der Waals surface area contributed by atoms with Gasteiger partial charge in [-0.3, -0.25) is 4.79 Å². The fraction of sp³-hybridized carbons (Fsp3) is 0.167. The molecule has 0 unspecified atom stereocenters. The number of nitrogens with one attached hydrogen (secondary N) is 1. The maximum atomic E-state index is 10.5. The Morgan fingerprint density at radius 1 is 1.55 bits per heavy atom. The summed E-state index contributed by atoms with van der Waals surface area (Å²) in [6, 6.07) is 1.67. The number of carboxylic acid groups (broad SMARTS) is 1. The van der Waals surface area contributed by atoms with E-state index in [0.717, 1.165) is 6.08 Å². The summed E-state index contributed by atoms with van der Waals surface area (Å²) in [5, 5.41) is 18.2. The number of amides is 1. The minimum atomic E-state index is -1.20. The number of hydrogen-bond acceptors (Lipinski definition) is 3. The summed E-state index contributed by atoms with van der Waals surface area (Å²) in [6.07, 6.45) is 1.55. The van der Waals surface area contributed by atoms with Crippen LogP contribution in [0.1, 0.15) is 0 Å². The molecule has 5 nitrogen and oxygen atoms in total. The predicted octanol–water partition coefficient (Wildman–Crippen LogP) is -0.733. The van der Waals surface area contributed by atoms with Crippen molar-refractivity contribution >= 4 is 11.9 Å². The van der Waals surface area contributed by atoms with E-state index < -0.39 is 11.9 Å². The molecule has 0 aliphatic heterocycles. The van der Waals surface area contributed by atoms with Gasteiger partial charge in [0.05, 0.1) is 6.07 Å². The third-order valence-corrected chi connectivity index (χ3v) is 0.719. The van der Waals surface area contributed by atoms with Crippen LogP contribution in [-0.4, -0.2) is 23.5 Å². The van der Waals surface area contributed by atoms with Gasteiger partial charge in [0.25, 0.3) is 0 Å². The van der Waals surface area contributed by atoms with E-state index in [1.165, 1.54) is 0 Å². The average molecular weight is 154 g/mol. The first-order valence-corrected chi connectivity index (χ1v) is 2.72. The van der Waals surface area contributed by atoms with Crippen LogP contribution >= 0.6 is 0 Å². The first kappa shape index (κ1) is 9.17. The molecule has 0 heterocycles. The van der Waals surface area contributed by atoms with E-state index in [2.05, 4.69) is 5.32 Å². The van der Waals surface area contributed by atoms with Gasteiger partial charge < -0.3 is 10.4 Å². The highest BCUT2D eigenvalue weighted by Crippen LogP contribution is 1.72. The summed E-state index contributed by atoms with van der Waals surface area (Å²) in [7, 11) is 0. The lowest BCUT2D eigenvalue weighted by atomic mass is 10.4. The van der Waals surface area contributed by atoms with Gasteiger partial charge in [-0.05, 0) is 0 Å². The molecule has 58 valence electrons. The lowest BCUT2D eigenvalue weighted by Crippen LogP contribution is -2.21. The van der Waals surface area contributed by atoms with E-state index in [1.54, 1.807) is 6.07 Å². The third kappa shape index (κ3) is 6.05. The summed E-state index contributed by atoms with van der Waals surface area (Å²) in [4.78, 5) is 20.3. The minimum absolute atomic E-state index is 0.122. The number of hydrogen-bond donors (Lipinski definition) is 2. The van der Waals surface area contributed by atoms with Crippen molar-refractivity contribution in [3.05, 3.63) is 12.2 Å². The van der Waals surface area contributed by atoms with Gasteiger partial charge in [0.1, 0.15) is 6.54 Å². The molecule has 0 aromatic rings. The highest BCUT2D eigenvalue weighted by atomic mass is 16.4. The molecular weight excluding hydrogens is 148 g/mol. The molecule has 5 heteroatoms. The molecule has 0 spiro atoms. The fourth-order valence-corrected chi connectivity index (χ4v) is 0.333. The molecule has 0 rings (SSSR count). The Morgan fingerprint density at radius 2 is 2.18 bits per heavy atom. The van der Waals surface area contributed by atoms with Crippen LogP contribution in [-0.2, 0) is 9.59 Å². The second-order valence-corrected chi connectivity index (χ2v) is 1.55. The quantitative estimate of drug-likeness (QED) is 0.414. The topological polar surface area (TPSA) is 90.2 Å². The van der Waals surface area contributed by atoms with Crippen LogP contribution < -0.4 is 5.32 Å². The van der Waals surface area contributed by atoms with Gasteiger partial charge in [0, 0.05) is 12.2 Å². The standard InChI is InChI=1S/C6H6N2O3/c7-3-4-8-5(9)1-2-6(10)11/h1-2H,4H2,(H,8,9)(H,10,11)/b2-1+. The zero-order chi connectivity index (χ0) is 8.69. The van der Waals surface area contributed by atoms with E-state index in [1.807, 2.05) is 0 Å². The van der Waals surface area contributed by atoms with Crippen molar-refractivity contribution in [2.45, 2.75) is 0 Å². The van der Waals surface area contributed by atoms with Crippen LogP contribution in [0.5, 0.6) is 0 Å². The van der Waals surface area contributed by atoms with E-state index in [0.29, 0.717) is 6.08 Å². The molecule has 0 aliphatic rings. The molecule has 0 fully saturated rings. The predicted molar refractivity (Wildman–Crippen MR) is 35.4 cm³/mol. The molecule has 0 bridgehead atoms. The number of nitriles is 1. The second-order valence-electron chi connectivity index (χ2n) is 1.55. The Hall–Kier alpha value is -1.83. The van der Waals surface area contributed by atoms with Crippen molar-refractivity contribution in [3.63, 3.8) is 0 Å². The van der Waals surface area contributed by atoms with Crippen LogP contribution in [0, 0.1) is 11.3 Å². The monoisotopic (exact) mass is 154 g/mol. The van der Waals surface area contributed by atoms with Crippen molar-refractivity contribution < 1.29 is 14.7 Å². The first-order chi connectivity index (χ1) is 5.16. The molecule has 0 saturated carbocycles. The van der Waals surface area contributed by atoms with Crippen LogP contribution in [0.15, 0.2) is 12.2 Å². The molecular formula is C6H6N2O3. The van der Waals surface area contributed by atoms with Crippen LogP contribution in [0.3, 0.4) is 0 Å². The molecule has 11 heavy (non-hydrogen) atoms. The molecule has 0 aliphatic carbocycles. The van der Waals surface area contributed by atoms with Crippen molar-refractivity contribution in [1.82, 2.24) is 5.32 Å². The number of rotatable bonds is 3. The van der Waals surface area contributed by atoms with Crippen molar-refractivity contribution in [3.8, 4) is 6.07 Å². The molecule has 0 saturated heterocycles. The Kier molecular flexibility index (Phi) is 4.16. The highest BCUT2D eigenvalue weighted by Gasteiger charge is 1.93. The van der Waals surface area contributed by atoms with Gasteiger partial charge in [0.2, 0.25) is 5.91 Å². The van der Waals surface area contributed by atoms with E-state index in [9.17, 15) is 9.59 Å². The number of carbonyl (C=O) groups excluding carboxylic acids is 1. The van der Waals surface area contributed by atoms with Crippen molar-refractivity contribution in [1.29, 1.82) is 5.26 Å². The molecule has 0 aromatic carbocycles. The summed E-state index contributed by atoms with van der Waals surface area (Å²) in [5.41, 5.74) is 0. The summed E-state index contributed by atoms with van der Waals surface area (Å²) in [6.45, 7) is -0.122. The Balaban J connectivity index is 3.71. The van der Waals surface area contributed by atoms with Gasteiger partial charge in [-0.15, -0.1) is 0 Å². The maximum absolute atomic E-state index is 10.5. The van der Waals surface area contributed by atoms with Crippen molar-refractivity contribution in [2.24, 2.45) is 0 Å². The lowest BCUT2D eigenvalue weighted by molar-refractivity contribution is -0.131. The van der Waals surface area contributed by atoms with Gasteiger partial charge in [-0.2, -0.15) is 5.26 Å². The summed E-state index contributed by atoms with van der Waals surface area (Å²) >= 11 is 0. The molecule has 0 radical (unpaired) electrons. The largest absolute Gasteiger partial charge is 0.478 e. The maximum Gasteiger partial charge on any atom is 0.328 e. The first-order valence-electron chi connectivity index (χ1n) is 2.72. The lowest BCUT2D eigenvalue weighted by Gasteiger charge is -1.90. The number of carboxylic acids is 1. The van der Waals surface area contributed by atoms with E-state index in [-0.39, 0.29) is 6.54 Å². The number of aliphatic carboxylic acids is 1. The van der Waals surface area contributed by atoms with Crippen LogP contribution in [0.25, 0.3) is 0 Å². The zero-order valence-electron chi connectivity index (χ0n) is 5.57. The molecule has 0 atom stereocenters. The normalized spacial score (nSPS) is 9.00. The smallest absolute Gasteiger partial charge is 0.328 e. The summed E-state index contributed by atoms with van der Waals surface area (Å²) < 4.78 is 0. The Labute approximate surface area is 62.9 Å². The SMILES string of the molecule is N#CCNC(=O)/C=C/C(=O)O. The molecule has 0 aromatic heterocycles. The van der Waals surface area contributed by atoms with E-state index >= 15 is 0 Å². The van der Waals surface area contributed by atoms with Gasteiger partial charge in [-0.1, -0.05) is 0 Å². The fourth-order valence-electron chi connectivity index (χ4n) is 0.333. The van der Waals surface area contributed by atoms with Crippen molar-refractivity contribution in [2.75, 3.05) is 6.54 Å². The van der Waals surface area contributed by atoms with E-state index in [4.69, 9.17) is 10.4 Å². The van der Waals surface area contributed by atoms with Gasteiger partial charge in [-0.25, -0.2) is 4.79 Å². The van der Waals surface area contributed by atoms with Gasteiger partial charge in [0.15, 0.2) is 0 Å². The third-order valence-electron chi connectivity index (χ3n) is 0.719. The molecule has 1 amide bonds. The summed E-state index contributed by atoms with van der Waals surface area (Å²) in [5.74, 6) is -1.79. The second kappa shape index (κ2) is 4.99. The van der Waals surface area contributed by atoms with Crippen LogP contribution in [0.4, 0.5) is 0 Å². The highest BCUT2D eigenvalue weighted by molar-refractivity contribution is 5.93. The van der Waals surface area contributed by atoms with Gasteiger partial charge >= 0.3 is 5.97 Å². The number of nitrogens with zero attached hydrogens (tertiary/aromatic N) is 1. The molecule has 2 N–H and O–H groups in total. The minimum Gasteiger partial charge on any atom is -0.478 e. The van der Waals surface area contributed by atoms with Crippen LogP contribution in [0.2, 0.25) is 0 Å². The number of carbonyl (C=O) groups is 2. The zero-order valence-corrected chi connectivity index (χ0v) is 5.57. The Bertz CT molecular complexity index is 226. The average Bonchev–Trinajstić information content (AvgIpc) is 1.97.